The number of rotatable bonds is 1. The van der Waals surface area contributed by atoms with Gasteiger partial charge in [-0.3, -0.25) is 9.59 Å². The number of amides is 2. The molecule has 2 aromatic rings. The largest absolute Gasteiger partial charge is 0.468 e. The Morgan fingerprint density at radius 1 is 1.03 bits per heavy atom. The predicted molar refractivity (Wildman–Crippen MR) is 108 cm³/mol. The van der Waals surface area contributed by atoms with Crippen LogP contribution in [0.25, 0.3) is 0 Å². The number of carbonyl (C=O) groups excluding carboxylic acids is 4. The van der Waals surface area contributed by atoms with Crippen molar-refractivity contribution in [2.75, 3.05) is 12.0 Å². The monoisotopic (exact) mass is 423 g/mol. The van der Waals surface area contributed by atoms with Crippen LogP contribution in [0.2, 0.25) is 0 Å². The van der Waals surface area contributed by atoms with Gasteiger partial charge in [-0.05, 0) is 38.5 Å². The molecule has 0 saturated carbocycles. The summed E-state index contributed by atoms with van der Waals surface area (Å²) in [5.74, 6) is -3.73. The lowest BCUT2D eigenvalue weighted by molar-refractivity contribution is -0.158. The van der Waals surface area contributed by atoms with Gasteiger partial charge >= 0.3 is 18.0 Å². The highest BCUT2D eigenvalue weighted by Gasteiger charge is 2.66. The highest BCUT2D eigenvalue weighted by atomic mass is 16.6. The molecule has 2 aliphatic heterocycles. The van der Waals surface area contributed by atoms with E-state index in [1.165, 1.54) is 19.2 Å². The van der Waals surface area contributed by atoms with E-state index in [4.69, 9.17) is 14.2 Å². The Labute approximate surface area is 178 Å². The SMILES string of the molecule is COC(=O)[C@H]1c2ccccc2C(=O)O[C@@]12C(=O)N(C(=O)OC(C)(C)C)c1ccccc12. The Balaban J connectivity index is 1.97. The summed E-state index contributed by atoms with van der Waals surface area (Å²) in [6.07, 6.45) is -0.930. The molecule has 0 fully saturated rings. The zero-order valence-electron chi connectivity index (χ0n) is 17.5. The van der Waals surface area contributed by atoms with Gasteiger partial charge in [0.2, 0.25) is 5.60 Å². The van der Waals surface area contributed by atoms with Crippen LogP contribution in [-0.2, 0) is 29.4 Å². The van der Waals surface area contributed by atoms with Crippen molar-refractivity contribution in [3.05, 3.63) is 65.2 Å². The van der Waals surface area contributed by atoms with E-state index >= 15 is 0 Å². The van der Waals surface area contributed by atoms with Crippen LogP contribution in [0, 0.1) is 0 Å². The van der Waals surface area contributed by atoms with Crippen LogP contribution in [-0.4, -0.2) is 36.6 Å². The molecule has 0 radical (unpaired) electrons. The summed E-state index contributed by atoms with van der Waals surface area (Å²) in [5, 5.41) is 0. The molecule has 160 valence electrons. The van der Waals surface area contributed by atoms with Gasteiger partial charge in [0, 0.05) is 5.56 Å². The highest BCUT2D eigenvalue weighted by molar-refractivity contribution is 6.23. The van der Waals surface area contributed by atoms with E-state index in [9.17, 15) is 19.2 Å². The average molecular weight is 423 g/mol. The van der Waals surface area contributed by atoms with Crippen LogP contribution in [0.5, 0.6) is 0 Å². The van der Waals surface area contributed by atoms with Crippen molar-refractivity contribution in [3.63, 3.8) is 0 Å². The molecule has 2 atom stereocenters. The molecule has 0 saturated heterocycles. The fraction of sp³-hybridized carbons (Fsp3) is 0.304. The Bertz CT molecular complexity index is 1120. The van der Waals surface area contributed by atoms with Crippen molar-refractivity contribution in [2.45, 2.75) is 37.9 Å². The Hall–Kier alpha value is -3.68. The molecule has 2 amide bonds. The molecular weight excluding hydrogens is 402 g/mol. The van der Waals surface area contributed by atoms with Gasteiger partial charge in [-0.2, -0.15) is 0 Å². The Kier molecular flexibility index (Phi) is 4.61. The third kappa shape index (κ3) is 2.98. The predicted octanol–water partition coefficient (Wildman–Crippen LogP) is 3.29. The summed E-state index contributed by atoms with van der Waals surface area (Å²) in [7, 11) is 1.19. The van der Waals surface area contributed by atoms with Crippen molar-refractivity contribution in [1.29, 1.82) is 0 Å². The van der Waals surface area contributed by atoms with Crippen LogP contribution in [0.15, 0.2) is 48.5 Å². The van der Waals surface area contributed by atoms with Crippen molar-refractivity contribution in [2.24, 2.45) is 0 Å². The first-order valence-electron chi connectivity index (χ1n) is 9.69. The zero-order valence-corrected chi connectivity index (χ0v) is 17.5. The van der Waals surface area contributed by atoms with Crippen molar-refractivity contribution < 1.29 is 33.4 Å². The minimum atomic E-state index is -2.09. The summed E-state index contributed by atoms with van der Waals surface area (Å²) in [6, 6.07) is 12.7. The first-order valence-corrected chi connectivity index (χ1v) is 9.69. The second kappa shape index (κ2) is 6.94. The number of nitrogens with zero attached hydrogens (tertiary/aromatic N) is 1. The number of methoxy groups -OCH3 is 1. The van der Waals surface area contributed by atoms with Gasteiger partial charge in [0.15, 0.2) is 0 Å². The molecule has 2 aromatic carbocycles. The number of fused-ring (bicyclic) bond motifs is 3. The zero-order chi connectivity index (χ0) is 22.6. The number of carbonyl (C=O) groups is 4. The van der Waals surface area contributed by atoms with Crippen LogP contribution in [0.3, 0.4) is 0 Å². The molecule has 0 unspecified atom stereocenters. The molecule has 8 heteroatoms. The van der Waals surface area contributed by atoms with Gasteiger partial charge in [0.05, 0.1) is 18.4 Å². The van der Waals surface area contributed by atoms with Crippen LogP contribution >= 0.6 is 0 Å². The number of hydrogen-bond donors (Lipinski definition) is 0. The van der Waals surface area contributed by atoms with E-state index in [-0.39, 0.29) is 16.8 Å². The lowest BCUT2D eigenvalue weighted by Crippen LogP contribution is -2.54. The van der Waals surface area contributed by atoms with Gasteiger partial charge in [-0.25, -0.2) is 14.5 Å². The first-order chi connectivity index (χ1) is 14.6. The first kappa shape index (κ1) is 20.6. The average Bonchev–Trinajstić information content (AvgIpc) is 2.95. The number of imide groups is 1. The minimum absolute atomic E-state index is 0.157. The summed E-state index contributed by atoms with van der Waals surface area (Å²) < 4.78 is 16.1. The third-order valence-electron chi connectivity index (χ3n) is 5.23. The molecule has 2 heterocycles. The molecule has 0 bridgehead atoms. The number of esters is 2. The minimum Gasteiger partial charge on any atom is -0.468 e. The summed E-state index contributed by atoms with van der Waals surface area (Å²) >= 11 is 0. The topological polar surface area (TPSA) is 99.2 Å². The van der Waals surface area contributed by atoms with E-state index < -0.39 is 41.1 Å². The lowest BCUT2D eigenvalue weighted by atomic mass is 9.74. The van der Waals surface area contributed by atoms with Crippen LogP contribution < -0.4 is 4.90 Å². The fourth-order valence-electron chi connectivity index (χ4n) is 4.06. The number of benzene rings is 2. The van der Waals surface area contributed by atoms with Crippen LogP contribution in [0.1, 0.15) is 48.2 Å². The lowest BCUT2D eigenvalue weighted by Gasteiger charge is -2.38. The highest BCUT2D eigenvalue weighted by Crippen LogP contribution is 2.54. The molecule has 0 aromatic heterocycles. The van der Waals surface area contributed by atoms with Gasteiger partial charge < -0.3 is 14.2 Å². The van der Waals surface area contributed by atoms with Gasteiger partial charge in [-0.1, -0.05) is 36.4 Å². The van der Waals surface area contributed by atoms with Gasteiger partial charge in [-0.15, -0.1) is 0 Å². The van der Waals surface area contributed by atoms with E-state index in [0.29, 0.717) is 5.56 Å². The summed E-state index contributed by atoms with van der Waals surface area (Å²) in [4.78, 5) is 53.4. The molecule has 4 rings (SSSR count). The number of para-hydroxylation sites is 1. The molecule has 2 aliphatic rings. The van der Waals surface area contributed by atoms with E-state index in [1.54, 1.807) is 57.2 Å². The van der Waals surface area contributed by atoms with Crippen LogP contribution in [0.4, 0.5) is 10.5 Å². The van der Waals surface area contributed by atoms with Crippen molar-refractivity contribution in [3.8, 4) is 0 Å². The maximum absolute atomic E-state index is 13.8. The summed E-state index contributed by atoms with van der Waals surface area (Å²) in [6.45, 7) is 5.00. The van der Waals surface area contributed by atoms with E-state index in [1.807, 2.05) is 0 Å². The van der Waals surface area contributed by atoms with Gasteiger partial charge in [0.1, 0.15) is 11.5 Å². The van der Waals surface area contributed by atoms with Crippen molar-refractivity contribution in [1.82, 2.24) is 0 Å². The molecule has 31 heavy (non-hydrogen) atoms. The number of anilines is 1. The fourth-order valence-corrected chi connectivity index (χ4v) is 4.06. The maximum atomic E-state index is 13.8. The smallest absolute Gasteiger partial charge is 0.421 e. The summed E-state index contributed by atoms with van der Waals surface area (Å²) in [5.41, 5.74) is -2.12. The quantitative estimate of drug-likeness (QED) is 0.513. The second-order valence-electron chi connectivity index (χ2n) is 8.31. The Morgan fingerprint density at radius 3 is 2.35 bits per heavy atom. The third-order valence-corrected chi connectivity index (χ3v) is 5.23. The molecular formula is C23H21NO7. The molecule has 1 spiro atoms. The van der Waals surface area contributed by atoms with E-state index in [2.05, 4.69) is 0 Å². The standard InChI is InChI=1S/C23H21NO7/c1-22(2,3)31-21(28)24-16-12-8-7-11-15(16)23(20(24)27)17(19(26)29-4)13-9-5-6-10-14(13)18(25)30-23/h5-12,17H,1-4H3/t17-,23-/m1/s1. The van der Waals surface area contributed by atoms with E-state index in [0.717, 1.165) is 4.90 Å². The second-order valence-corrected chi connectivity index (χ2v) is 8.31. The van der Waals surface area contributed by atoms with Gasteiger partial charge in [0.25, 0.3) is 5.91 Å². The normalized spacial score (nSPS) is 21.9. The number of hydrogen-bond acceptors (Lipinski definition) is 7. The Morgan fingerprint density at radius 2 is 1.68 bits per heavy atom. The molecule has 0 N–H and O–H groups in total. The molecule has 0 aliphatic carbocycles. The molecule has 8 nitrogen and oxygen atoms in total. The maximum Gasteiger partial charge on any atom is 0.421 e. The van der Waals surface area contributed by atoms with Crippen molar-refractivity contribution >= 4 is 29.6 Å². The number of ether oxygens (including phenoxy) is 3.